The number of carbonyl (C=O) groups excluding carboxylic acids is 2. The fraction of sp³-hybridized carbons (Fsp3) is 0.882. The molecule has 1 heterocycles. The highest BCUT2D eigenvalue weighted by Crippen LogP contribution is 2.21. The van der Waals surface area contributed by atoms with E-state index in [0.717, 1.165) is 6.42 Å². The highest BCUT2D eigenvalue weighted by atomic mass is 16.6. The van der Waals surface area contributed by atoms with Crippen molar-refractivity contribution in [3.63, 3.8) is 0 Å². The number of ether oxygens (including phenoxy) is 1. The SMILES string of the molecule is CCN(CC1CCN(C(=O)OC(C)(C)C)C1)C(=O)[C@@H](N)C(C)C. The molecule has 1 saturated heterocycles. The van der Waals surface area contributed by atoms with Crippen molar-refractivity contribution in [3.05, 3.63) is 0 Å². The van der Waals surface area contributed by atoms with E-state index in [2.05, 4.69) is 0 Å². The van der Waals surface area contributed by atoms with Gasteiger partial charge in [-0.15, -0.1) is 0 Å². The third kappa shape index (κ3) is 6.01. The Bertz CT molecular complexity index is 418. The molecule has 1 aliphatic heterocycles. The van der Waals surface area contributed by atoms with E-state index >= 15 is 0 Å². The Balaban J connectivity index is 2.55. The maximum Gasteiger partial charge on any atom is 0.410 e. The second-order valence-electron chi connectivity index (χ2n) is 7.73. The molecule has 2 atom stereocenters. The molecule has 1 aliphatic rings. The number of likely N-dealkylation sites (N-methyl/N-ethyl adjacent to an activating group) is 1. The highest BCUT2D eigenvalue weighted by molar-refractivity contribution is 5.81. The van der Waals surface area contributed by atoms with Gasteiger partial charge >= 0.3 is 6.09 Å². The molecule has 0 radical (unpaired) electrons. The van der Waals surface area contributed by atoms with Gasteiger partial charge in [0, 0.05) is 26.2 Å². The first kappa shape index (κ1) is 19.7. The van der Waals surface area contributed by atoms with Crippen LogP contribution in [-0.4, -0.2) is 59.6 Å². The molecule has 1 unspecified atom stereocenters. The number of hydrogen-bond acceptors (Lipinski definition) is 4. The molecule has 0 aromatic carbocycles. The predicted molar refractivity (Wildman–Crippen MR) is 91.0 cm³/mol. The van der Waals surface area contributed by atoms with Gasteiger partial charge in [0.15, 0.2) is 0 Å². The standard InChI is InChI=1S/C17H33N3O3/c1-7-19(15(21)14(18)12(2)3)10-13-8-9-20(11-13)16(22)23-17(4,5)6/h12-14H,7-11,18H2,1-6H3/t13?,14-/m0/s1. The first-order chi connectivity index (χ1) is 10.5. The molecule has 0 aromatic rings. The quantitative estimate of drug-likeness (QED) is 0.839. The Kier molecular flexibility index (Phi) is 6.86. The fourth-order valence-corrected chi connectivity index (χ4v) is 2.66. The van der Waals surface area contributed by atoms with E-state index in [1.165, 1.54) is 0 Å². The van der Waals surface area contributed by atoms with E-state index in [4.69, 9.17) is 10.5 Å². The third-order valence-electron chi connectivity index (χ3n) is 4.11. The molecule has 0 aliphatic carbocycles. The average molecular weight is 327 g/mol. The number of nitrogens with zero attached hydrogens (tertiary/aromatic N) is 2. The molecule has 0 saturated carbocycles. The van der Waals surface area contributed by atoms with Crippen molar-refractivity contribution < 1.29 is 14.3 Å². The number of likely N-dealkylation sites (tertiary alicyclic amines) is 1. The molecule has 0 bridgehead atoms. The lowest BCUT2D eigenvalue weighted by Gasteiger charge is -2.29. The third-order valence-corrected chi connectivity index (χ3v) is 4.11. The zero-order valence-corrected chi connectivity index (χ0v) is 15.5. The largest absolute Gasteiger partial charge is 0.444 e. The molecular formula is C17H33N3O3. The summed E-state index contributed by atoms with van der Waals surface area (Å²) in [4.78, 5) is 28.0. The van der Waals surface area contributed by atoms with Crippen molar-refractivity contribution in [2.75, 3.05) is 26.2 Å². The summed E-state index contributed by atoms with van der Waals surface area (Å²) in [5.74, 6) is 0.405. The zero-order chi connectivity index (χ0) is 17.8. The Labute approximate surface area is 140 Å². The molecule has 6 nitrogen and oxygen atoms in total. The van der Waals surface area contributed by atoms with Gasteiger partial charge in [-0.2, -0.15) is 0 Å². The van der Waals surface area contributed by atoms with Crippen LogP contribution in [0.2, 0.25) is 0 Å². The van der Waals surface area contributed by atoms with E-state index in [-0.39, 0.29) is 23.8 Å². The Morgan fingerprint density at radius 2 is 1.96 bits per heavy atom. The fourth-order valence-electron chi connectivity index (χ4n) is 2.66. The molecule has 23 heavy (non-hydrogen) atoms. The maximum atomic E-state index is 12.4. The monoisotopic (exact) mass is 327 g/mol. The first-order valence-electron chi connectivity index (χ1n) is 8.57. The van der Waals surface area contributed by atoms with Gasteiger partial charge in [0.1, 0.15) is 5.60 Å². The Morgan fingerprint density at radius 3 is 2.43 bits per heavy atom. The van der Waals surface area contributed by atoms with Gasteiger partial charge in [0.2, 0.25) is 5.91 Å². The minimum absolute atomic E-state index is 0.00165. The molecule has 0 spiro atoms. The van der Waals surface area contributed by atoms with Crippen LogP contribution < -0.4 is 5.73 Å². The lowest BCUT2D eigenvalue weighted by molar-refractivity contribution is -0.133. The summed E-state index contributed by atoms with van der Waals surface area (Å²) in [6.07, 6.45) is 0.619. The molecule has 0 aromatic heterocycles. The van der Waals surface area contributed by atoms with Crippen LogP contribution in [0.5, 0.6) is 0 Å². The van der Waals surface area contributed by atoms with Crippen LogP contribution in [-0.2, 0) is 9.53 Å². The summed E-state index contributed by atoms with van der Waals surface area (Å²) >= 11 is 0. The van der Waals surface area contributed by atoms with Crippen LogP contribution in [0.1, 0.15) is 48.0 Å². The lowest BCUT2D eigenvalue weighted by Crippen LogP contribution is -2.48. The van der Waals surface area contributed by atoms with E-state index in [9.17, 15) is 9.59 Å². The number of carbonyl (C=O) groups is 2. The van der Waals surface area contributed by atoms with Gasteiger partial charge in [0.25, 0.3) is 0 Å². The van der Waals surface area contributed by atoms with Crippen LogP contribution in [0.25, 0.3) is 0 Å². The molecule has 6 heteroatoms. The van der Waals surface area contributed by atoms with Gasteiger partial charge in [-0.25, -0.2) is 4.79 Å². The van der Waals surface area contributed by atoms with E-state index < -0.39 is 11.6 Å². The molecule has 2 amide bonds. The summed E-state index contributed by atoms with van der Waals surface area (Å²) in [5.41, 5.74) is 5.50. The maximum absolute atomic E-state index is 12.4. The highest BCUT2D eigenvalue weighted by Gasteiger charge is 2.32. The molecule has 2 N–H and O–H groups in total. The number of hydrogen-bond donors (Lipinski definition) is 1. The molecular weight excluding hydrogens is 294 g/mol. The smallest absolute Gasteiger partial charge is 0.410 e. The van der Waals surface area contributed by atoms with Gasteiger partial charge in [-0.1, -0.05) is 13.8 Å². The summed E-state index contributed by atoms with van der Waals surface area (Å²) in [6.45, 7) is 14.1. The van der Waals surface area contributed by atoms with Crippen molar-refractivity contribution in [1.82, 2.24) is 9.80 Å². The van der Waals surface area contributed by atoms with Crippen LogP contribution in [0.3, 0.4) is 0 Å². The van der Waals surface area contributed by atoms with Crippen LogP contribution in [0.15, 0.2) is 0 Å². The summed E-state index contributed by atoms with van der Waals surface area (Å²) in [5, 5.41) is 0. The first-order valence-corrected chi connectivity index (χ1v) is 8.57. The minimum atomic E-state index is -0.482. The minimum Gasteiger partial charge on any atom is -0.444 e. The summed E-state index contributed by atoms with van der Waals surface area (Å²) in [6, 6.07) is -0.460. The van der Waals surface area contributed by atoms with Crippen LogP contribution >= 0.6 is 0 Å². The Morgan fingerprint density at radius 1 is 1.35 bits per heavy atom. The van der Waals surface area contributed by atoms with Gasteiger partial charge in [0.05, 0.1) is 6.04 Å². The topological polar surface area (TPSA) is 75.9 Å². The van der Waals surface area contributed by atoms with Crippen LogP contribution in [0.4, 0.5) is 4.79 Å². The van der Waals surface area contributed by atoms with Crippen molar-refractivity contribution in [1.29, 1.82) is 0 Å². The lowest BCUT2D eigenvalue weighted by atomic mass is 10.0. The van der Waals surface area contributed by atoms with Crippen molar-refractivity contribution in [3.8, 4) is 0 Å². The summed E-state index contributed by atoms with van der Waals surface area (Å²) < 4.78 is 5.40. The number of amides is 2. The van der Waals surface area contributed by atoms with Gasteiger partial charge in [-0.3, -0.25) is 4.79 Å². The second-order valence-corrected chi connectivity index (χ2v) is 7.73. The molecule has 1 fully saturated rings. The normalized spacial score (nSPS) is 19.8. The average Bonchev–Trinajstić information content (AvgIpc) is 2.90. The number of rotatable bonds is 5. The van der Waals surface area contributed by atoms with Crippen molar-refractivity contribution in [2.45, 2.75) is 59.6 Å². The van der Waals surface area contributed by atoms with Gasteiger partial charge < -0.3 is 20.3 Å². The predicted octanol–water partition coefficient (Wildman–Crippen LogP) is 2.08. The number of nitrogens with two attached hydrogens (primary N) is 1. The van der Waals surface area contributed by atoms with E-state index in [1.54, 1.807) is 4.90 Å². The molecule has 1 rings (SSSR count). The van der Waals surface area contributed by atoms with E-state index in [1.807, 2.05) is 46.4 Å². The Hall–Kier alpha value is -1.30. The summed E-state index contributed by atoms with van der Waals surface area (Å²) in [7, 11) is 0. The van der Waals surface area contributed by atoms with Crippen LogP contribution in [0, 0.1) is 11.8 Å². The van der Waals surface area contributed by atoms with Crippen molar-refractivity contribution in [2.24, 2.45) is 17.6 Å². The zero-order valence-electron chi connectivity index (χ0n) is 15.5. The van der Waals surface area contributed by atoms with Crippen molar-refractivity contribution >= 4 is 12.0 Å². The molecule has 134 valence electrons. The van der Waals surface area contributed by atoms with Gasteiger partial charge in [-0.05, 0) is 46.0 Å². The van der Waals surface area contributed by atoms with E-state index in [0.29, 0.717) is 26.2 Å². The second kappa shape index (κ2) is 7.99.